The molecule has 1 aliphatic heterocycles. The normalized spacial score (nSPS) is 15.1. The number of benzene rings is 3. The molecule has 0 atom stereocenters. The van der Waals surface area contributed by atoms with Gasteiger partial charge in [0.05, 0.1) is 23.3 Å². The molecule has 2 heterocycles. The standard InChI is InChI=1S/C24H22Cl3N3O/c25-16-1-4-23-19(12-16)20-13-18(28-17-2-3-21(26)22(27)14-17)11-15(24(20)29-23)5-6-30-7-9-31-10-8-30/h1-4,11-14,28-29H,5-10H2. The van der Waals surface area contributed by atoms with Gasteiger partial charge in [-0.1, -0.05) is 34.8 Å². The Kier molecular flexibility index (Phi) is 6.00. The monoisotopic (exact) mass is 473 g/mol. The zero-order valence-electron chi connectivity index (χ0n) is 16.9. The van der Waals surface area contributed by atoms with E-state index in [1.54, 1.807) is 6.07 Å². The maximum absolute atomic E-state index is 6.31. The minimum absolute atomic E-state index is 0.527. The fourth-order valence-electron chi connectivity index (χ4n) is 4.16. The zero-order chi connectivity index (χ0) is 21.4. The molecule has 1 saturated heterocycles. The van der Waals surface area contributed by atoms with Crippen LogP contribution in [-0.4, -0.2) is 42.7 Å². The molecular weight excluding hydrogens is 453 g/mol. The first-order valence-electron chi connectivity index (χ1n) is 10.3. The molecule has 4 aromatic rings. The molecule has 2 N–H and O–H groups in total. The van der Waals surface area contributed by atoms with Crippen molar-refractivity contribution in [3.63, 3.8) is 0 Å². The first-order valence-corrected chi connectivity index (χ1v) is 11.5. The minimum Gasteiger partial charge on any atom is -0.379 e. The number of nitrogens with zero attached hydrogens (tertiary/aromatic N) is 1. The summed E-state index contributed by atoms with van der Waals surface area (Å²) < 4.78 is 5.49. The van der Waals surface area contributed by atoms with Gasteiger partial charge in [-0.3, -0.25) is 4.90 Å². The maximum atomic E-state index is 6.31. The van der Waals surface area contributed by atoms with Gasteiger partial charge in [0.15, 0.2) is 0 Å². The summed E-state index contributed by atoms with van der Waals surface area (Å²) in [6, 6.07) is 15.9. The summed E-state index contributed by atoms with van der Waals surface area (Å²) in [7, 11) is 0. The number of anilines is 2. The molecule has 1 aromatic heterocycles. The molecule has 0 spiro atoms. The summed E-state index contributed by atoms with van der Waals surface area (Å²) in [5.74, 6) is 0. The van der Waals surface area contributed by atoms with Crippen LogP contribution in [0.1, 0.15) is 5.56 Å². The van der Waals surface area contributed by atoms with E-state index in [2.05, 4.69) is 27.3 Å². The number of morpholine rings is 1. The van der Waals surface area contributed by atoms with Crippen LogP contribution in [0.4, 0.5) is 11.4 Å². The molecule has 5 rings (SSSR count). The molecule has 3 aromatic carbocycles. The fraction of sp³-hybridized carbons (Fsp3) is 0.250. The van der Waals surface area contributed by atoms with Crippen LogP contribution in [0.15, 0.2) is 48.5 Å². The van der Waals surface area contributed by atoms with E-state index in [9.17, 15) is 0 Å². The Hall–Kier alpha value is -1.95. The van der Waals surface area contributed by atoms with Gasteiger partial charge in [0.1, 0.15) is 0 Å². The van der Waals surface area contributed by atoms with Crippen LogP contribution < -0.4 is 5.32 Å². The summed E-state index contributed by atoms with van der Waals surface area (Å²) in [6.07, 6.45) is 0.938. The Balaban J connectivity index is 1.55. The number of fused-ring (bicyclic) bond motifs is 3. The highest BCUT2D eigenvalue weighted by Gasteiger charge is 2.15. The lowest BCUT2D eigenvalue weighted by atomic mass is 10.0. The van der Waals surface area contributed by atoms with Gasteiger partial charge in [0.25, 0.3) is 0 Å². The predicted octanol–water partition coefficient (Wildman–Crippen LogP) is 6.90. The van der Waals surface area contributed by atoms with E-state index in [0.717, 1.165) is 77.5 Å². The van der Waals surface area contributed by atoms with Crippen LogP contribution in [0.2, 0.25) is 15.1 Å². The third-order valence-electron chi connectivity index (χ3n) is 5.76. The van der Waals surface area contributed by atoms with Gasteiger partial charge in [0, 0.05) is 57.8 Å². The number of ether oxygens (including phenoxy) is 1. The van der Waals surface area contributed by atoms with Crippen LogP contribution in [0, 0.1) is 0 Å². The van der Waals surface area contributed by atoms with E-state index < -0.39 is 0 Å². The first kappa shape index (κ1) is 20.9. The van der Waals surface area contributed by atoms with Crippen LogP contribution in [0.3, 0.4) is 0 Å². The molecule has 4 nitrogen and oxygen atoms in total. The van der Waals surface area contributed by atoms with E-state index in [1.807, 2.05) is 30.3 Å². The smallest absolute Gasteiger partial charge is 0.0612 e. The molecule has 0 saturated carbocycles. The van der Waals surface area contributed by atoms with Crippen molar-refractivity contribution in [3.05, 3.63) is 69.2 Å². The molecule has 0 unspecified atom stereocenters. The van der Waals surface area contributed by atoms with Crippen molar-refractivity contribution < 1.29 is 4.74 Å². The van der Waals surface area contributed by atoms with Crippen molar-refractivity contribution in [1.29, 1.82) is 0 Å². The van der Waals surface area contributed by atoms with Gasteiger partial charge in [-0.05, 0) is 60.5 Å². The van der Waals surface area contributed by atoms with Gasteiger partial charge in [-0.15, -0.1) is 0 Å². The number of H-pyrrole nitrogens is 1. The van der Waals surface area contributed by atoms with Crippen molar-refractivity contribution >= 4 is 68.0 Å². The van der Waals surface area contributed by atoms with Crippen molar-refractivity contribution in [2.75, 3.05) is 38.2 Å². The molecule has 31 heavy (non-hydrogen) atoms. The quantitative estimate of drug-likeness (QED) is 0.330. The molecule has 0 radical (unpaired) electrons. The Bertz CT molecular complexity index is 1250. The Morgan fingerprint density at radius 1 is 0.871 bits per heavy atom. The van der Waals surface area contributed by atoms with E-state index in [1.165, 1.54) is 5.56 Å². The van der Waals surface area contributed by atoms with Gasteiger partial charge < -0.3 is 15.0 Å². The average Bonchev–Trinajstić information content (AvgIpc) is 3.13. The molecule has 1 aliphatic rings. The second-order valence-corrected chi connectivity index (χ2v) is 9.08. The summed E-state index contributed by atoms with van der Waals surface area (Å²) in [4.78, 5) is 6.05. The van der Waals surface area contributed by atoms with Gasteiger partial charge in [-0.25, -0.2) is 0 Å². The SMILES string of the molecule is Clc1ccc2[nH]c3c(CCN4CCOCC4)cc(Nc4ccc(Cl)c(Cl)c4)cc3c2c1. The summed E-state index contributed by atoms with van der Waals surface area (Å²) in [6.45, 7) is 4.56. The number of hydrogen-bond acceptors (Lipinski definition) is 3. The van der Waals surface area contributed by atoms with E-state index >= 15 is 0 Å². The number of hydrogen-bond donors (Lipinski definition) is 2. The zero-order valence-corrected chi connectivity index (χ0v) is 19.1. The Morgan fingerprint density at radius 3 is 2.52 bits per heavy atom. The lowest BCUT2D eigenvalue weighted by molar-refractivity contribution is 0.0385. The number of halogens is 3. The van der Waals surface area contributed by atoms with Crippen molar-refractivity contribution in [2.45, 2.75) is 6.42 Å². The molecule has 0 bridgehead atoms. The predicted molar refractivity (Wildman–Crippen MR) is 132 cm³/mol. The first-order chi connectivity index (χ1) is 15.1. The van der Waals surface area contributed by atoms with Crippen molar-refractivity contribution in [1.82, 2.24) is 9.88 Å². The molecule has 0 aliphatic carbocycles. The number of nitrogens with one attached hydrogen (secondary N) is 2. The topological polar surface area (TPSA) is 40.3 Å². The summed E-state index contributed by atoms with van der Waals surface area (Å²) in [5.41, 5.74) is 5.40. The van der Waals surface area contributed by atoms with Gasteiger partial charge in [0.2, 0.25) is 0 Å². The van der Waals surface area contributed by atoms with E-state index in [-0.39, 0.29) is 0 Å². The van der Waals surface area contributed by atoms with E-state index in [4.69, 9.17) is 39.5 Å². The van der Waals surface area contributed by atoms with E-state index in [0.29, 0.717) is 10.0 Å². The second-order valence-electron chi connectivity index (χ2n) is 7.83. The highest BCUT2D eigenvalue weighted by atomic mass is 35.5. The molecule has 160 valence electrons. The minimum atomic E-state index is 0.527. The third kappa shape index (κ3) is 4.50. The van der Waals surface area contributed by atoms with Crippen molar-refractivity contribution in [3.8, 4) is 0 Å². The molecular formula is C24H22Cl3N3O. The summed E-state index contributed by atoms with van der Waals surface area (Å²) >= 11 is 18.6. The largest absolute Gasteiger partial charge is 0.379 e. The van der Waals surface area contributed by atoms with Crippen LogP contribution >= 0.6 is 34.8 Å². The number of aromatic amines is 1. The lowest BCUT2D eigenvalue weighted by Crippen LogP contribution is -2.37. The van der Waals surface area contributed by atoms with Gasteiger partial charge >= 0.3 is 0 Å². The molecule has 7 heteroatoms. The fourth-order valence-corrected chi connectivity index (χ4v) is 4.63. The number of rotatable bonds is 5. The average molecular weight is 475 g/mol. The number of aromatic nitrogens is 1. The van der Waals surface area contributed by atoms with Gasteiger partial charge in [-0.2, -0.15) is 0 Å². The highest BCUT2D eigenvalue weighted by molar-refractivity contribution is 6.42. The van der Waals surface area contributed by atoms with Crippen LogP contribution in [-0.2, 0) is 11.2 Å². The summed E-state index contributed by atoms with van der Waals surface area (Å²) in [5, 5.41) is 7.56. The third-order valence-corrected chi connectivity index (χ3v) is 6.73. The van der Waals surface area contributed by atoms with Crippen LogP contribution in [0.5, 0.6) is 0 Å². The van der Waals surface area contributed by atoms with Crippen molar-refractivity contribution in [2.24, 2.45) is 0 Å². The molecule has 1 fully saturated rings. The Labute approximate surface area is 196 Å². The highest BCUT2D eigenvalue weighted by Crippen LogP contribution is 2.34. The van der Waals surface area contributed by atoms with Crippen LogP contribution in [0.25, 0.3) is 21.8 Å². The molecule has 0 amide bonds. The Morgan fingerprint density at radius 2 is 1.71 bits per heavy atom. The lowest BCUT2D eigenvalue weighted by Gasteiger charge is -2.26. The second kappa shape index (κ2) is 8.89. The maximum Gasteiger partial charge on any atom is 0.0612 e.